The number of aldehydes is 1. The Morgan fingerprint density at radius 1 is 1.43 bits per heavy atom. The summed E-state index contributed by atoms with van der Waals surface area (Å²) in [4.78, 5) is 21.6. The summed E-state index contributed by atoms with van der Waals surface area (Å²) in [6, 6.07) is -0.385. The molecule has 0 radical (unpaired) electrons. The minimum atomic E-state index is -0.863. The van der Waals surface area contributed by atoms with Crippen molar-refractivity contribution in [3.05, 3.63) is 0 Å². The summed E-state index contributed by atoms with van der Waals surface area (Å²) >= 11 is 0. The van der Waals surface area contributed by atoms with E-state index in [1.54, 1.807) is 6.92 Å². The molecule has 0 aliphatic heterocycles. The molecule has 1 aliphatic carbocycles. The summed E-state index contributed by atoms with van der Waals surface area (Å²) in [6.45, 7) is 1.69. The van der Waals surface area contributed by atoms with Gasteiger partial charge < -0.3 is 9.90 Å². The van der Waals surface area contributed by atoms with Crippen LogP contribution in [0.3, 0.4) is 0 Å². The first-order chi connectivity index (χ1) is 6.60. The standard InChI is InChI=1S/C10H17NO3/c1-8(7-12)11-10(9(13)14)5-3-2-4-6-10/h7-8,11H,2-6H2,1H3,(H,13,14)/t8-/m1/s1. The van der Waals surface area contributed by atoms with Crippen LogP contribution in [0.4, 0.5) is 0 Å². The molecule has 1 saturated carbocycles. The number of nitrogens with one attached hydrogen (secondary N) is 1. The number of carboxylic acids is 1. The molecule has 0 saturated heterocycles. The molecule has 1 aliphatic rings. The molecule has 80 valence electrons. The molecule has 0 bridgehead atoms. The highest BCUT2D eigenvalue weighted by molar-refractivity contribution is 5.79. The van der Waals surface area contributed by atoms with Gasteiger partial charge in [-0.25, -0.2) is 0 Å². The van der Waals surface area contributed by atoms with Crippen molar-refractivity contribution in [3.63, 3.8) is 0 Å². The lowest BCUT2D eigenvalue weighted by Gasteiger charge is -2.35. The number of carboxylic acid groups (broad SMARTS) is 1. The number of carbonyl (C=O) groups excluding carboxylic acids is 1. The molecule has 0 spiro atoms. The zero-order valence-corrected chi connectivity index (χ0v) is 8.45. The molecule has 0 aromatic heterocycles. The second-order valence-electron chi connectivity index (χ2n) is 4.02. The van der Waals surface area contributed by atoms with Crippen molar-refractivity contribution in [2.24, 2.45) is 0 Å². The Bertz CT molecular complexity index is 221. The van der Waals surface area contributed by atoms with E-state index in [2.05, 4.69) is 5.32 Å². The third-order valence-corrected chi connectivity index (χ3v) is 2.82. The van der Waals surface area contributed by atoms with E-state index in [1.807, 2.05) is 0 Å². The number of carbonyl (C=O) groups is 2. The number of hydrogen-bond donors (Lipinski definition) is 2. The fraction of sp³-hybridized carbons (Fsp3) is 0.800. The SMILES string of the molecule is C[C@H](C=O)NC1(C(=O)O)CCCCC1. The van der Waals surface area contributed by atoms with Gasteiger partial charge in [-0.05, 0) is 19.8 Å². The lowest BCUT2D eigenvalue weighted by atomic mass is 9.81. The van der Waals surface area contributed by atoms with E-state index in [0.29, 0.717) is 12.8 Å². The maximum absolute atomic E-state index is 11.1. The summed E-state index contributed by atoms with van der Waals surface area (Å²) in [5.74, 6) is -0.828. The molecule has 1 fully saturated rings. The topological polar surface area (TPSA) is 66.4 Å². The van der Waals surface area contributed by atoms with Gasteiger partial charge in [0.25, 0.3) is 0 Å². The van der Waals surface area contributed by atoms with E-state index >= 15 is 0 Å². The van der Waals surface area contributed by atoms with Crippen LogP contribution < -0.4 is 5.32 Å². The predicted octanol–water partition coefficient (Wildman–Crippen LogP) is 0.951. The normalized spacial score (nSPS) is 22.6. The molecule has 4 nitrogen and oxygen atoms in total. The number of aliphatic carboxylic acids is 1. The third-order valence-electron chi connectivity index (χ3n) is 2.82. The summed E-state index contributed by atoms with van der Waals surface area (Å²) in [5.41, 5.74) is -0.863. The second-order valence-corrected chi connectivity index (χ2v) is 4.02. The van der Waals surface area contributed by atoms with Crippen LogP contribution in [0.1, 0.15) is 39.0 Å². The van der Waals surface area contributed by atoms with Crippen LogP contribution in [-0.2, 0) is 9.59 Å². The zero-order valence-electron chi connectivity index (χ0n) is 8.45. The van der Waals surface area contributed by atoms with Gasteiger partial charge in [0.15, 0.2) is 0 Å². The van der Waals surface area contributed by atoms with Crippen molar-refractivity contribution >= 4 is 12.3 Å². The fourth-order valence-corrected chi connectivity index (χ4v) is 2.05. The van der Waals surface area contributed by atoms with Gasteiger partial charge in [-0.1, -0.05) is 19.3 Å². The third kappa shape index (κ3) is 2.32. The fourth-order valence-electron chi connectivity index (χ4n) is 2.05. The molecule has 0 unspecified atom stereocenters. The Hall–Kier alpha value is -0.900. The number of rotatable bonds is 4. The Labute approximate surface area is 83.7 Å². The van der Waals surface area contributed by atoms with Crippen LogP contribution in [0, 0.1) is 0 Å². The van der Waals surface area contributed by atoms with Gasteiger partial charge in [0, 0.05) is 0 Å². The van der Waals surface area contributed by atoms with Crippen LogP contribution >= 0.6 is 0 Å². The lowest BCUT2D eigenvalue weighted by molar-refractivity contribution is -0.146. The molecule has 0 aromatic carbocycles. The van der Waals surface area contributed by atoms with Crippen molar-refractivity contribution in [1.29, 1.82) is 0 Å². The summed E-state index contributed by atoms with van der Waals surface area (Å²) in [7, 11) is 0. The lowest BCUT2D eigenvalue weighted by Crippen LogP contribution is -2.56. The Kier molecular flexibility index (Phi) is 3.63. The average Bonchev–Trinajstić information content (AvgIpc) is 2.19. The van der Waals surface area contributed by atoms with Gasteiger partial charge in [-0.15, -0.1) is 0 Å². The van der Waals surface area contributed by atoms with Gasteiger partial charge in [0.1, 0.15) is 11.8 Å². The molecule has 14 heavy (non-hydrogen) atoms. The molecule has 0 heterocycles. The van der Waals surface area contributed by atoms with Crippen LogP contribution in [0.25, 0.3) is 0 Å². The van der Waals surface area contributed by atoms with Crippen molar-refractivity contribution in [2.75, 3.05) is 0 Å². The molecule has 4 heteroatoms. The van der Waals surface area contributed by atoms with E-state index in [0.717, 1.165) is 25.5 Å². The Balaban J connectivity index is 2.70. The Morgan fingerprint density at radius 3 is 2.43 bits per heavy atom. The van der Waals surface area contributed by atoms with Crippen LogP contribution in [0.5, 0.6) is 0 Å². The minimum absolute atomic E-state index is 0.385. The second kappa shape index (κ2) is 4.55. The van der Waals surface area contributed by atoms with Crippen LogP contribution in [0.2, 0.25) is 0 Å². The molecular formula is C10H17NO3. The van der Waals surface area contributed by atoms with Gasteiger partial charge in [0.2, 0.25) is 0 Å². The largest absolute Gasteiger partial charge is 0.480 e. The average molecular weight is 199 g/mol. The minimum Gasteiger partial charge on any atom is -0.480 e. The maximum Gasteiger partial charge on any atom is 0.323 e. The van der Waals surface area contributed by atoms with Crippen molar-refractivity contribution in [2.45, 2.75) is 50.6 Å². The van der Waals surface area contributed by atoms with Gasteiger partial charge in [-0.3, -0.25) is 10.1 Å². The maximum atomic E-state index is 11.1. The van der Waals surface area contributed by atoms with E-state index < -0.39 is 11.5 Å². The molecule has 1 rings (SSSR count). The quantitative estimate of drug-likeness (QED) is 0.661. The van der Waals surface area contributed by atoms with E-state index in [9.17, 15) is 9.59 Å². The first-order valence-electron chi connectivity index (χ1n) is 5.07. The monoisotopic (exact) mass is 199 g/mol. The molecular weight excluding hydrogens is 182 g/mol. The first kappa shape index (κ1) is 11.2. The van der Waals surface area contributed by atoms with Crippen molar-refractivity contribution < 1.29 is 14.7 Å². The van der Waals surface area contributed by atoms with Crippen LogP contribution in [-0.4, -0.2) is 28.9 Å². The highest BCUT2D eigenvalue weighted by Gasteiger charge is 2.40. The highest BCUT2D eigenvalue weighted by Crippen LogP contribution is 2.28. The molecule has 0 amide bonds. The summed E-state index contributed by atoms with van der Waals surface area (Å²) in [5, 5.41) is 12.1. The van der Waals surface area contributed by atoms with Crippen molar-refractivity contribution in [1.82, 2.24) is 5.32 Å². The first-order valence-corrected chi connectivity index (χ1v) is 5.07. The van der Waals surface area contributed by atoms with Gasteiger partial charge in [-0.2, -0.15) is 0 Å². The van der Waals surface area contributed by atoms with Crippen LogP contribution in [0.15, 0.2) is 0 Å². The van der Waals surface area contributed by atoms with E-state index in [-0.39, 0.29) is 6.04 Å². The number of hydrogen-bond acceptors (Lipinski definition) is 3. The summed E-state index contributed by atoms with van der Waals surface area (Å²) < 4.78 is 0. The predicted molar refractivity (Wildman–Crippen MR) is 52.1 cm³/mol. The highest BCUT2D eigenvalue weighted by atomic mass is 16.4. The molecule has 0 aromatic rings. The van der Waals surface area contributed by atoms with E-state index in [1.165, 1.54) is 0 Å². The van der Waals surface area contributed by atoms with Crippen molar-refractivity contribution in [3.8, 4) is 0 Å². The van der Waals surface area contributed by atoms with E-state index in [4.69, 9.17) is 5.11 Å². The molecule has 1 atom stereocenters. The zero-order chi connectivity index (χ0) is 10.6. The Morgan fingerprint density at radius 2 is 2.00 bits per heavy atom. The smallest absolute Gasteiger partial charge is 0.323 e. The summed E-state index contributed by atoms with van der Waals surface area (Å²) in [6.07, 6.45) is 4.93. The van der Waals surface area contributed by atoms with Gasteiger partial charge in [0.05, 0.1) is 6.04 Å². The van der Waals surface area contributed by atoms with Gasteiger partial charge >= 0.3 is 5.97 Å². The molecule has 2 N–H and O–H groups in total.